The van der Waals surface area contributed by atoms with Crippen molar-refractivity contribution in [2.75, 3.05) is 6.26 Å². The van der Waals surface area contributed by atoms with Crippen LogP contribution in [0.1, 0.15) is 32.7 Å². The maximum absolute atomic E-state index is 13.7. The lowest BCUT2D eigenvalue weighted by atomic mass is 10.0. The van der Waals surface area contributed by atoms with Gasteiger partial charge in [-0.2, -0.15) is 0 Å². The largest absolute Gasteiger partial charge is 0.281 e. The van der Waals surface area contributed by atoms with Gasteiger partial charge < -0.3 is 0 Å². The van der Waals surface area contributed by atoms with Crippen LogP contribution in [0.2, 0.25) is 0 Å². The molecule has 0 bridgehead atoms. The van der Waals surface area contributed by atoms with Crippen LogP contribution < -0.4 is 0 Å². The molecule has 0 saturated heterocycles. The number of thioether (sulfide) groups is 1. The lowest BCUT2D eigenvalue weighted by Crippen LogP contribution is -2.25. The van der Waals surface area contributed by atoms with Gasteiger partial charge in [0.05, 0.1) is 32.3 Å². The predicted octanol–water partition coefficient (Wildman–Crippen LogP) is 7.04. The third-order valence-electron chi connectivity index (χ3n) is 6.32. The normalized spacial score (nSPS) is 18.1. The number of fused-ring (bicyclic) bond motifs is 7. The Hall–Kier alpha value is -2.91. The highest BCUT2D eigenvalue weighted by Crippen LogP contribution is 2.54. The summed E-state index contributed by atoms with van der Waals surface area (Å²) in [5.74, 6) is -0.257. The van der Waals surface area contributed by atoms with E-state index in [4.69, 9.17) is 0 Å². The molecule has 8 heteroatoms. The second-order valence-electron chi connectivity index (χ2n) is 8.05. The summed E-state index contributed by atoms with van der Waals surface area (Å²) in [5, 5.41) is 2.06. The smallest absolute Gasteiger partial charge is 0.265 e. The van der Waals surface area contributed by atoms with Crippen molar-refractivity contribution in [2.24, 2.45) is 0 Å². The Morgan fingerprint density at radius 3 is 2.15 bits per heavy atom. The first-order valence-electron chi connectivity index (χ1n) is 10.7. The molecule has 0 saturated carbocycles. The van der Waals surface area contributed by atoms with Crippen molar-refractivity contribution >= 4 is 86.0 Å². The summed E-state index contributed by atoms with van der Waals surface area (Å²) in [5.41, 5.74) is 4.60. The monoisotopic (exact) mass is 516 g/mol. The molecule has 166 valence electrons. The summed E-state index contributed by atoms with van der Waals surface area (Å²) in [6.07, 6.45) is 11.7. The van der Waals surface area contributed by atoms with Crippen LogP contribution in [0.15, 0.2) is 59.3 Å². The van der Waals surface area contributed by atoms with Crippen molar-refractivity contribution in [1.29, 1.82) is 0 Å². The molecule has 0 radical (unpaired) electrons. The fraction of sp³-hybridized carbons (Fsp3) is 0.0769. The fourth-order valence-electron chi connectivity index (χ4n) is 4.83. The van der Waals surface area contributed by atoms with E-state index in [0.29, 0.717) is 11.1 Å². The van der Waals surface area contributed by atoms with Gasteiger partial charge in [0.25, 0.3) is 11.8 Å². The standard InChI is InChI=1S/C26H16N2O2S4/c1-3-15(31-2)17-11-13-6-8-27-21(23(13)33-17)19-20(26(27)30)22-24-14(7-9-28(22)25(19)29)12-18(34-24)16-5-4-10-32-16/h3-12H,1-2H3/b15-3-. The zero-order valence-corrected chi connectivity index (χ0v) is 21.4. The van der Waals surface area contributed by atoms with Crippen molar-refractivity contribution < 1.29 is 9.59 Å². The van der Waals surface area contributed by atoms with E-state index >= 15 is 0 Å². The molecule has 7 rings (SSSR count). The fourth-order valence-corrected chi connectivity index (χ4v) is 8.89. The number of carbonyl (C=O) groups excluding carboxylic acids is 2. The van der Waals surface area contributed by atoms with Gasteiger partial charge in [0.1, 0.15) is 0 Å². The van der Waals surface area contributed by atoms with Crippen molar-refractivity contribution in [2.45, 2.75) is 6.92 Å². The minimum absolute atomic E-state index is 0.129. The number of hydrogen-bond donors (Lipinski definition) is 0. The summed E-state index contributed by atoms with van der Waals surface area (Å²) >= 11 is 6.68. The summed E-state index contributed by atoms with van der Waals surface area (Å²) in [7, 11) is 0. The quantitative estimate of drug-likeness (QED) is 0.375. The lowest BCUT2D eigenvalue weighted by Gasteiger charge is -2.24. The molecule has 34 heavy (non-hydrogen) atoms. The average molecular weight is 517 g/mol. The van der Waals surface area contributed by atoms with Gasteiger partial charge in [-0.15, -0.1) is 45.8 Å². The molecule has 0 N–H and O–H groups in total. The lowest BCUT2D eigenvalue weighted by molar-refractivity contribution is -0.122. The van der Waals surface area contributed by atoms with Gasteiger partial charge in [0, 0.05) is 31.9 Å². The van der Waals surface area contributed by atoms with Crippen molar-refractivity contribution in [3.63, 3.8) is 0 Å². The molecule has 0 fully saturated rings. The summed E-state index contributed by atoms with van der Waals surface area (Å²) in [6, 6.07) is 8.45. The first kappa shape index (κ1) is 20.5. The Balaban J connectivity index is 1.45. The summed E-state index contributed by atoms with van der Waals surface area (Å²) in [4.78, 5) is 37.4. The Morgan fingerprint density at radius 1 is 0.912 bits per heavy atom. The molecule has 3 aromatic rings. The molecule has 0 unspecified atom stereocenters. The zero-order valence-electron chi connectivity index (χ0n) is 18.1. The predicted molar refractivity (Wildman–Crippen MR) is 145 cm³/mol. The van der Waals surface area contributed by atoms with Gasteiger partial charge >= 0.3 is 0 Å². The Bertz CT molecular complexity index is 1590. The Morgan fingerprint density at radius 2 is 1.56 bits per heavy atom. The molecule has 3 aromatic heterocycles. The van der Waals surface area contributed by atoms with Crippen LogP contribution in [-0.2, 0) is 9.59 Å². The molecule has 4 nitrogen and oxygen atoms in total. The van der Waals surface area contributed by atoms with Crippen molar-refractivity contribution in [3.05, 3.63) is 85.0 Å². The number of hydrogen-bond acceptors (Lipinski definition) is 6. The van der Waals surface area contributed by atoms with E-state index in [1.165, 1.54) is 9.78 Å². The first-order valence-corrected chi connectivity index (χ1v) is 14.4. The zero-order chi connectivity index (χ0) is 23.1. The average Bonchev–Trinajstić information content (AvgIpc) is 3.64. The van der Waals surface area contributed by atoms with Crippen molar-refractivity contribution in [1.82, 2.24) is 9.80 Å². The van der Waals surface area contributed by atoms with Crippen LogP contribution in [0.25, 0.3) is 38.2 Å². The van der Waals surface area contributed by atoms with Gasteiger partial charge in [-0.3, -0.25) is 19.4 Å². The number of allylic oxidation sites excluding steroid dienone is 1. The van der Waals surface area contributed by atoms with E-state index < -0.39 is 0 Å². The topological polar surface area (TPSA) is 40.6 Å². The van der Waals surface area contributed by atoms with Gasteiger partial charge in [-0.1, -0.05) is 12.1 Å². The SMILES string of the molecule is C/C=C(\SC)c1cc2c(s1)C1=C3C(=O)N4C=Cc5cc(-c6cccs6)sc5C4=C3C(=O)N1C=C2. The highest BCUT2D eigenvalue weighted by molar-refractivity contribution is 8.07. The maximum Gasteiger partial charge on any atom is 0.265 e. The van der Waals surface area contributed by atoms with Crippen LogP contribution in [-0.4, -0.2) is 27.9 Å². The number of amides is 2. The first-order chi connectivity index (χ1) is 16.6. The number of thiophene rings is 3. The van der Waals surface area contributed by atoms with E-state index in [0.717, 1.165) is 42.0 Å². The molecule has 0 aliphatic carbocycles. The van der Waals surface area contributed by atoms with Crippen LogP contribution >= 0.6 is 45.8 Å². The van der Waals surface area contributed by atoms with E-state index in [9.17, 15) is 9.59 Å². The van der Waals surface area contributed by atoms with Crippen LogP contribution in [0.5, 0.6) is 0 Å². The van der Waals surface area contributed by atoms with E-state index in [1.807, 2.05) is 37.5 Å². The minimum atomic E-state index is -0.129. The third-order valence-corrected chi connectivity index (χ3v) is 10.8. The molecule has 4 aliphatic heterocycles. The van der Waals surface area contributed by atoms with E-state index in [1.54, 1.807) is 55.6 Å². The summed E-state index contributed by atoms with van der Waals surface area (Å²) < 4.78 is 0. The molecule has 7 heterocycles. The third kappa shape index (κ3) is 2.59. The molecular formula is C26H16N2O2S4. The minimum Gasteiger partial charge on any atom is -0.281 e. The highest BCUT2D eigenvalue weighted by atomic mass is 32.2. The number of nitrogens with zero attached hydrogens (tertiary/aromatic N) is 2. The maximum atomic E-state index is 13.7. The van der Waals surface area contributed by atoms with Gasteiger partial charge in [-0.25, -0.2) is 0 Å². The Kier molecular flexibility index (Phi) is 4.39. The van der Waals surface area contributed by atoms with Crippen LogP contribution in [0, 0.1) is 0 Å². The highest BCUT2D eigenvalue weighted by Gasteiger charge is 2.50. The second-order valence-corrected chi connectivity index (χ2v) is 12.0. The van der Waals surface area contributed by atoms with Gasteiger partial charge in [0.2, 0.25) is 0 Å². The number of rotatable bonds is 3. The molecule has 0 aromatic carbocycles. The molecular weight excluding hydrogens is 501 g/mol. The summed E-state index contributed by atoms with van der Waals surface area (Å²) in [6.45, 7) is 2.03. The number of carbonyl (C=O) groups is 2. The molecule has 0 spiro atoms. The second kappa shape index (κ2) is 7.29. The van der Waals surface area contributed by atoms with Crippen LogP contribution in [0.3, 0.4) is 0 Å². The van der Waals surface area contributed by atoms with Crippen LogP contribution in [0.4, 0.5) is 0 Å². The Labute approximate surface area is 212 Å². The molecule has 0 atom stereocenters. The van der Waals surface area contributed by atoms with Crippen molar-refractivity contribution in [3.8, 4) is 9.75 Å². The van der Waals surface area contributed by atoms with Gasteiger partial charge in [0.15, 0.2) is 0 Å². The molecule has 2 amide bonds. The van der Waals surface area contributed by atoms with E-state index in [-0.39, 0.29) is 11.8 Å². The van der Waals surface area contributed by atoms with Gasteiger partial charge in [-0.05, 0) is 60.0 Å². The molecule has 4 aliphatic rings. The van der Waals surface area contributed by atoms with E-state index in [2.05, 4.69) is 35.9 Å².